The molecule has 1 aromatic heterocycles. The molecule has 2 aromatic carbocycles. The van der Waals surface area contributed by atoms with Crippen LogP contribution in [0.15, 0.2) is 53.1 Å². The van der Waals surface area contributed by atoms with Crippen LogP contribution in [0.2, 0.25) is 0 Å². The normalized spacial score (nSPS) is 14.2. The van der Waals surface area contributed by atoms with Gasteiger partial charge in [-0.2, -0.15) is 5.10 Å². The number of amides is 1. The van der Waals surface area contributed by atoms with Crippen molar-refractivity contribution in [2.24, 2.45) is 0 Å². The second-order valence-electron chi connectivity index (χ2n) is 6.94. The van der Waals surface area contributed by atoms with E-state index < -0.39 is 11.6 Å². The van der Waals surface area contributed by atoms with Crippen molar-refractivity contribution in [2.45, 2.75) is 18.8 Å². The third-order valence-corrected chi connectivity index (χ3v) is 5.55. The Morgan fingerprint density at radius 1 is 1.13 bits per heavy atom. The topological polar surface area (TPSA) is 59.0 Å². The summed E-state index contributed by atoms with van der Waals surface area (Å²) >= 11 is 3.37. The number of anilines is 1. The number of carbonyl (C=O) groups excluding carboxylic acids is 1. The summed E-state index contributed by atoms with van der Waals surface area (Å²) < 4.78 is 30.2. The third kappa shape index (κ3) is 4.71. The van der Waals surface area contributed by atoms with Crippen LogP contribution in [0.5, 0.6) is 0 Å². The van der Waals surface area contributed by atoms with Gasteiger partial charge in [0.05, 0.1) is 17.5 Å². The fourth-order valence-corrected chi connectivity index (χ4v) is 3.86. The van der Waals surface area contributed by atoms with Gasteiger partial charge in [-0.05, 0) is 62.3 Å². The van der Waals surface area contributed by atoms with E-state index in [0.29, 0.717) is 16.9 Å². The number of hydrogen-bond donors (Lipinski definition) is 2. The predicted molar refractivity (Wildman–Crippen MR) is 118 cm³/mol. The standard InChI is InChI=1S/C21H19BrF2N4O.ClH/c22-14-1-4-16(5-2-14)27-21(29)17-12-26-28(19-6-3-15(23)11-18(19)24)20(17)13-7-9-25-10-8-13;/h1-6,11-13,25H,7-10H2,(H,27,29);1H. The molecule has 1 aliphatic rings. The molecule has 5 nitrogen and oxygen atoms in total. The second kappa shape index (κ2) is 9.68. The number of halogens is 4. The Labute approximate surface area is 187 Å². The molecule has 0 radical (unpaired) electrons. The van der Waals surface area contributed by atoms with Crippen molar-refractivity contribution in [1.82, 2.24) is 15.1 Å². The zero-order chi connectivity index (χ0) is 20.4. The van der Waals surface area contributed by atoms with Crippen LogP contribution in [0.3, 0.4) is 0 Å². The number of nitrogens with zero attached hydrogens (tertiary/aromatic N) is 2. The van der Waals surface area contributed by atoms with Gasteiger partial charge in [0.2, 0.25) is 0 Å². The summed E-state index contributed by atoms with van der Waals surface area (Å²) in [6.07, 6.45) is 3.05. The van der Waals surface area contributed by atoms with Crippen molar-refractivity contribution in [2.75, 3.05) is 18.4 Å². The Morgan fingerprint density at radius 3 is 2.50 bits per heavy atom. The number of nitrogens with one attached hydrogen (secondary N) is 2. The first-order valence-corrected chi connectivity index (χ1v) is 10.1. The molecule has 2 N–H and O–H groups in total. The molecular weight excluding hydrogens is 478 g/mol. The highest BCUT2D eigenvalue weighted by Gasteiger charge is 2.28. The van der Waals surface area contributed by atoms with Gasteiger partial charge >= 0.3 is 0 Å². The van der Waals surface area contributed by atoms with E-state index in [2.05, 4.69) is 31.7 Å². The molecule has 0 saturated carbocycles. The van der Waals surface area contributed by atoms with Gasteiger partial charge < -0.3 is 10.6 Å². The Hall–Kier alpha value is -2.29. The van der Waals surface area contributed by atoms with E-state index in [0.717, 1.165) is 36.5 Å². The average Bonchev–Trinajstić information content (AvgIpc) is 3.15. The Morgan fingerprint density at radius 2 is 1.83 bits per heavy atom. The van der Waals surface area contributed by atoms with Crippen molar-refractivity contribution in [3.8, 4) is 5.69 Å². The fraction of sp³-hybridized carbons (Fsp3) is 0.238. The highest BCUT2D eigenvalue weighted by Crippen LogP contribution is 2.31. The molecule has 1 fully saturated rings. The van der Waals surface area contributed by atoms with Crippen LogP contribution < -0.4 is 10.6 Å². The fourth-order valence-electron chi connectivity index (χ4n) is 3.60. The summed E-state index contributed by atoms with van der Waals surface area (Å²) in [5, 5.41) is 10.5. The van der Waals surface area contributed by atoms with Crippen LogP contribution in [0.25, 0.3) is 5.69 Å². The van der Waals surface area contributed by atoms with Crippen molar-refractivity contribution < 1.29 is 13.6 Å². The minimum absolute atomic E-state index is 0. The Bertz CT molecular complexity index is 1040. The van der Waals surface area contributed by atoms with E-state index in [1.165, 1.54) is 23.0 Å². The molecule has 0 atom stereocenters. The molecule has 9 heteroatoms. The molecule has 4 rings (SSSR count). The molecule has 3 aromatic rings. The molecule has 1 aliphatic heterocycles. The van der Waals surface area contributed by atoms with Gasteiger partial charge in [-0.15, -0.1) is 12.4 Å². The van der Waals surface area contributed by atoms with E-state index in [-0.39, 0.29) is 29.9 Å². The minimum atomic E-state index is -0.719. The average molecular weight is 498 g/mol. The van der Waals surface area contributed by atoms with Crippen LogP contribution in [-0.4, -0.2) is 28.8 Å². The lowest BCUT2D eigenvalue weighted by Gasteiger charge is -2.24. The van der Waals surface area contributed by atoms with E-state index in [1.807, 2.05) is 12.1 Å². The first kappa shape index (κ1) is 22.4. The number of hydrogen-bond acceptors (Lipinski definition) is 3. The maximum absolute atomic E-state index is 14.5. The Kier molecular flexibility index (Phi) is 7.23. The van der Waals surface area contributed by atoms with Crippen LogP contribution in [0, 0.1) is 11.6 Å². The smallest absolute Gasteiger partial charge is 0.259 e. The van der Waals surface area contributed by atoms with Gasteiger partial charge in [0.25, 0.3) is 5.91 Å². The lowest BCUT2D eigenvalue weighted by atomic mass is 9.91. The van der Waals surface area contributed by atoms with E-state index in [4.69, 9.17) is 0 Å². The second-order valence-corrected chi connectivity index (χ2v) is 7.85. The molecule has 0 spiro atoms. The number of piperidine rings is 1. The zero-order valence-electron chi connectivity index (χ0n) is 15.9. The maximum atomic E-state index is 14.5. The van der Waals surface area contributed by atoms with Crippen molar-refractivity contribution in [3.05, 3.63) is 76.0 Å². The SMILES string of the molecule is Cl.O=C(Nc1ccc(Br)cc1)c1cnn(-c2ccc(F)cc2F)c1C1CCNCC1. The van der Waals surface area contributed by atoms with Crippen LogP contribution in [-0.2, 0) is 0 Å². The largest absolute Gasteiger partial charge is 0.322 e. The molecule has 158 valence electrons. The molecule has 0 unspecified atom stereocenters. The highest BCUT2D eigenvalue weighted by atomic mass is 79.9. The van der Waals surface area contributed by atoms with Gasteiger partial charge in [0.15, 0.2) is 5.82 Å². The van der Waals surface area contributed by atoms with Gasteiger partial charge in [0.1, 0.15) is 11.5 Å². The lowest BCUT2D eigenvalue weighted by molar-refractivity contribution is 0.102. The summed E-state index contributed by atoms with van der Waals surface area (Å²) in [6, 6.07) is 10.6. The van der Waals surface area contributed by atoms with Gasteiger partial charge in [-0.1, -0.05) is 15.9 Å². The van der Waals surface area contributed by atoms with E-state index in [1.54, 1.807) is 12.1 Å². The van der Waals surface area contributed by atoms with Gasteiger partial charge in [-0.3, -0.25) is 4.79 Å². The number of benzene rings is 2. The molecule has 0 aliphatic carbocycles. The van der Waals surface area contributed by atoms with Crippen molar-refractivity contribution in [3.63, 3.8) is 0 Å². The predicted octanol–water partition coefficient (Wildman–Crippen LogP) is 5.05. The minimum Gasteiger partial charge on any atom is -0.322 e. The monoisotopic (exact) mass is 496 g/mol. The number of rotatable bonds is 4. The summed E-state index contributed by atoms with van der Waals surface area (Å²) in [7, 11) is 0. The maximum Gasteiger partial charge on any atom is 0.259 e. The molecule has 1 amide bonds. The van der Waals surface area contributed by atoms with Gasteiger partial charge in [-0.25, -0.2) is 13.5 Å². The quantitative estimate of drug-likeness (QED) is 0.530. The molecule has 2 heterocycles. The highest BCUT2D eigenvalue weighted by molar-refractivity contribution is 9.10. The molecule has 0 bridgehead atoms. The van der Waals surface area contributed by atoms with Crippen LogP contribution in [0.4, 0.5) is 14.5 Å². The van der Waals surface area contributed by atoms with Crippen LogP contribution >= 0.6 is 28.3 Å². The molecular formula is C21H20BrClF2N4O. The first-order chi connectivity index (χ1) is 14.0. The summed E-state index contributed by atoms with van der Waals surface area (Å²) in [4.78, 5) is 13.0. The first-order valence-electron chi connectivity index (χ1n) is 9.34. The lowest BCUT2D eigenvalue weighted by Crippen LogP contribution is -2.29. The van der Waals surface area contributed by atoms with Crippen LogP contribution in [0.1, 0.15) is 34.8 Å². The zero-order valence-corrected chi connectivity index (χ0v) is 18.3. The van der Waals surface area contributed by atoms with Gasteiger partial charge in [0, 0.05) is 22.1 Å². The van der Waals surface area contributed by atoms with E-state index >= 15 is 0 Å². The summed E-state index contributed by atoms with van der Waals surface area (Å²) in [6.45, 7) is 1.60. The number of aromatic nitrogens is 2. The molecule has 30 heavy (non-hydrogen) atoms. The summed E-state index contributed by atoms with van der Waals surface area (Å²) in [5.41, 5.74) is 1.81. The summed E-state index contributed by atoms with van der Waals surface area (Å²) in [5.74, 6) is -1.65. The Balaban J connectivity index is 0.00000256. The molecule has 1 saturated heterocycles. The van der Waals surface area contributed by atoms with Crippen molar-refractivity contribution in [1.29, 1.82) is 0 Å². The third-order valence-electron chi connectivity index (χ3n) is 5.02. The number of carbonyl (C=O) groups is 1. The van der Waals surface area contributed by atoms with Crippen molar-refractivity contribution >= 4 is 39.9 Å². The van der Waals surface area contributed by atoms with E-state index in [9.17, 15) is 13.6 Å².